The summed E-state index contributed by atoms with van der Waals surface area (Å²) in [7, 11) is 1.70. The van der Waals surface area contributed by atoms with Crippen molar-refractivity contribution in [3.63, 3.8) is 0 Å². The van der Waals surface area contributed by atoms with Gasteiger partial charge in [-0.2, -0.15) is 0 Å². The third kappa shape index (κ3) is 6.35. The molecule has 2 N–H and O–H groups in total. The maximum Gasteiger partial charge on any atom is 0.191 e. The summed E-state index contributed by atoms with van der Waals surface area (Å²) < 4.78 is 11.0. The average Bonchev–Trinajstić information content (AvgIpc) is 2.46. The van der Waals surface area contributed by atoms with Crippen LogP contribution in [0.5, 0.6) is 5.75 Å². The van der Waals surface area contributed by atoms with E-state index in [9.17, 15) is 0 Å². The third-order valence-electron chi connectivity index (χ3n) is 3.16. The molecule has 0 radical (unpaired) electrons. The predicted molar refractivity (Wildman–Crippen MR) is 91.9 cm³/mol. The first-order valence-corrected chi connectivity index (χ1v) is 7.81. The summed E-state index contributed by atoms with van der Waals surface area (Å²) in [6.07, 6.45) is 0. The Labute approximate surface area is 134 Å². The Morgan fingerprint density at radius 3 is 2.55 bits per heavy atom. The van der Waals surface area contributed by atoms with E-state index in [4.69, 9.17) is 9.47 Å². The first kappa shape index (κ1) is 18.3. The van der Waals surface area contributed by atoms with Crippen LogP contribution in [0.3, 0.4) is 0 Å². The fraction of sp³-hybridized carbons (Fsp3) is 0.588. The molecule has 0 amide bonds. The van der Waals surface area contributed by atoms with Crippen molar-refractivity contribution < 1.29 is 9.47 Å². The first-order valence-electron chi connectivity index (χ1n) is 7.81. The molecular formula is C17H29N3O2. The summed E-state index contributed by atoms with van der Waals surface area (Å²) in [6, 6.07) is 6.37. The van der Waals surface area contributed by atoms with Crippen LogP contribution in [0.4, 0.5) is 0 Å². The Morgan fingerprint density at radius 1 is 1.27 bits per heavy atom. The molecule has 0 aliphatic carbocycles. The van der Waals surface area contributed by atoms with E-state index in [1.807, 2.05) is 13.0 Å². The highest BCUT2D eigenvalue weighted by molar-refractivity contribution is 5.80. The van der Waals surface area contributed by atoms with Gasteiger partial charge in [-0.3, -0.25) is 0 Å². The lowest BCUT2D eigenvalue weighted by atomic mass is 10.1. The van der Waals surface area contributed by atoms with Crippen LogP contribution in [-0.4, -0.2) is 45.4 Å². The van der Waals surface area contributed by atoms with Gasteiger partial charge in [0.1, 0.15) is 12.4 Å². The zero-order valence-corrected chi connectivity index (χ0v) is 14.4. The molecule has 1 aromatic carbocycles. The number of aryl methyl sites for hydroxylation is 2. The highest BCUT2D eigenvalue weighted by Crippen LogP contribution is 2.21. The number of benzene rings is 1. The molecule has 1 rings (SSSR count). The minimum atomic E-state index is 0.210. The first-order chi connectivity index (χ1) is 10.6. The second-order valence-corrected chi connectivity index (χ2v) is 5.33. The Bertz CT molecular complexity index is 455. The zero-order chi connectivity index (χ0) is 16.4. The van der Waals surface area contributed by atoms with E-state index in [-0.39, 0.29) is 6.04 Å². The Kier molecular flexibility index (Phi) is 8.36. The summed E-state index contributed by atoms with van der Waals surface area (Å²) >= 11 is 0. The lowest BCUT2D eigenvalue weighted by Gasteiger charge is -2.17. The number of rotatable bonds is 8. The molecule has 0 aliphatic rings. The van der Waals surface area contributed by atoms with Gasteiger partial charge in [-0.25, -0.2) is 4.99 Å². The van der Waals surface area contributed by atoms with Gasteiger partial charge in [0, 0.05) is 19.7 Å². The number of hydrogen-bond donors (Lipinski definition) is 2. The molecule has 0 saturated carbocycles. The third-order valence-corrected chi connectivity index (χ3v) is 3.16. The topological polar surface area (TPSA) is 54.9 Å². The summed E-state index contributed by atoms with van der Waals surface area (Å²) in [5, 5.41) is 6.52. The molecule has 5 heteroatoms. The van der Waals surface area contributed by atoms with E-state index >= 15 is 0 Å². The number of hydrogen-bond acceptors (Lipinski definition) is 3. The summed E-state index contributed by atoms with van der Waals surface area (Å²) in [6.45, 7) is 10.8. The largest absolute Gasteiger partial charge is 0.491 e. The number of aliphatic imine (C=N–C) groups is 1. The predicted octanol–water partition coefficient (Wildman–Crippen LogP) is 2.27. The van der Waals surface area contributed by atoms with Crippen molar-refractivity contribution in [1.82, 2.24) is 10.6 Å². The van der Waals surface area contributed by atoms with Crippen LogP contribution in [0.2, 0.25) is 0 Å². The number of nitrogens with zero attached hydrogens (tertiary/aromatic N) is 1. The highest BCUT2D eigenvalue weighted by atomic mass is 16.5. The van der Waals surface area contributed by atoms with Crippen LogP contribution in [0.25, 0.3) is 0 Å². The Morgan fingerprint density at radius 2 is 1.95 bits per heavy atom. The number of guanidine groups is 1. The van der Waals surface area contributed by atoms with Gasteiger partial charge in [-0.1, -0.05) is 18.2 Å². The molecule has 0 bridgehead atoms. The molecule has 124 valence electrons. The van der Waals surface area contributed by atoms with Gasteiger partial charge < -0.3 is 20.1 Å². The molecule has 0 fully saturated rings. The molecular weight excluding hydrogens is 278 g/mol. The normalized spacial score (nSPS) is 12.9. The maximum atomic E-state index is 5.86. The van der Waals surface area contributed by atoms with Gasteiger partial charge in [0.05, 0.1) is 13.2 Å². The fourth-order valence-corrected chi connectivity index (χ4v) is 2.18. The molecule has 0 spiro atoms. The Balaban J connectivity index is 2.50. The minimum Gasteiger partial charge on any atom is -0.491 e. The summed E-state index contributed by atoms with van der Waals surface area (Å²) in [5.74, 6) is 1.75. The van der Waals surface area contributed by atoms with E-state index in [1.165, 1.54) is 0 Å². The quantitative estimate of drug-likeness (QED) is 0.439. The summed E-state index contributed by atoms with van der Waals surface area (Å²) in [5.41, 5.74) is 2.31. The van der Waals surface area contributed by atoms with Gasteiger partial charge in [0.25, 0.3) is 0 Å². The van der Waals surface area contributed by atoms with Gasteiger partial charge in [0.2, 0.25) is 0 Å². The van der Waals surface area contributed by atoms with Crippen molar-refractivity contribution in [2.45, 2.75) is 33.7 Å². The fourth-order valence-electron chi connectivity index (χ4n) is 2.18. The minimum absolute atomic E-state index is 0.210. The van der Waals surface area contributed by atoms with Crippen LogP contribution in [-0.2, 0) is 4.74 Å². The van der Waals surface area contributed by atoms with Crippen LogP contribution < -0.4 is 15.4 Å². The number of nitrogens with one attached hydrogen (secondary N) is 2. The molecule has 1 unspecified atom stereocenters. The average molecular weight is 307 g/mol. The van der Waals surface area contributed by atoms with Crippen molar-refractivity contribution in [3.8, 4) is 5.75 Å². The van der Waals surface area contributed by atoms with E-state index in [0.717, 1.165) is 29.4 Å². The van der Waals surface area contributed by atoms with Crippen molar-refractivity contribution in [2.24, 2.45) is 4.99 Å². The van der Waals surface area contributed by atoms with Crippen molar-refractivity contribution in [3.05, 3.63) is 29.3 Å². The second kappa shape index (κ2) is 10.1. The second-order valence-electron chi connectivity index (χ2n) is 5.33. The van der Waals surface area contributed by atoms with Crippen LogP contribution >= 0.6 is 0 Å². The van der Waals surface area contributed by atoms with E-state index in [1.54, 1.807) is 7.11 Å². The molecule has 22 heavy (non-hydrogen) atoms. The molecule has 0 aliphatic heterocycles. The lowest BCUT2D eigenvalue weighted by molar-refractivity contribution is 0.179. The smallest absolute Gasteiger partial charge is 0.191 e. The zero-order valence-electron chi connectivity index (χ0n) is 14.4. The highest BCUT2D eigenvalue weighted by Gasteiger charge is 2.05. The van der Waals surface area contributed by atoms with E-state index in [2.05, 4.69) is 48.5 Å². The molecule has 0 aromatic heterocycles. The molecule has 0 heterocycles. The number of ether oxygens (including phenoxy) is 2. The van der Waals surface area contributed by atoms with Crippen molar-refractivity contribution in [1.29, 1.82) is 0 Å². The number of methoxy groups -OCH3 is 1. The SMILES string of the molecule is CCNC(=NCCOc1c(C)cccc1C)NC(C)COC. The maximum absolute atomic E-state index is 5.86. The molecule has 0 saturated heterocycles. The van der Waals surface area contributed by atoms with Crippen LogP contribution in [0, 0.1) is 13.8 Å². The van der Waals surface area contributed by atoms with Crippen molar-refractivity contribution in [2.75, 3.05) is 33.4 Å². The van der Waals surface area contributed by atoms with Gasteiger partial charge in [0.15, 0.2) is 5.96 Å². The van der Waals surface area contributed by atoms with Gasteiger partial charge >= 0.3 is 0 Å². The Hall–Kier alpha value is -1.75. The molecule has 1 aromatic rings. The lowest BCUT2D eigenvalue weighted by Crippen LogP contribution is -2.44. The van der Waals surface area contributed by atoms with E-state index in [0.29, 0.717) is 19.8 Å². The van der Waals surface area contributed by atoms with Crippen LogP contribution in [0.1, 0.15) is 25.0 Å². The van der Waals surface area contributed by atoms with Crippen molar-refractivity contribution >= 4 is 5.96 Å². The van der Waals surface area contributed by atoms with E-state index < -0.39 is 0 Å². The standard InChI is InChI=1S/C17H29N3O2/c1-6-18-17(20-15(4)12-21-5)19-10-11-22-16-13(2)8-7-9-14(16)3/h7-9,15H,6,10-12H2,1-5H3,(H2,18,19,20). The van der Waals surface area contributed by atoms with Crippen LogP contribution in [0.15, 0.2) is 23.2 Å². The molecule has 1 atom stereocenters. The molecule has 5 nitrogen and oxygen atoms in total. The van der Waals surface area contributed by atoms with Gasteiger partial charge in [-0.05, 0) is 38.8 Å². The number of para-hydroxylation sites is 1. The monoisotopic (exact) mass is 307 g/mol. The summed E-state index contributed by atoms with van der Waals surface area (Å²) in [4.78, 5) is 4.52. The van der Waals surface area contributed by atoms with Gasteiger partial charge in [-0.15, -0.1) is 0 Å².